The molecule has 2 aromatic heterocycles. The van der Waals surface area contributed by atoms with Crippen molar-refractivity contribution < 1.29 is 18.7 Å². The molecule has 0 saturated carbocycles. The van der Waals surface area contributed by atoms with Crippen LogP contribution in [0.1, 0.15) is 19.8 Å². The highest BCUT2D eigenvalue weighted by molar-refractivity contribution is 7.13. The summed E-state index contributed by atoms with van der Waals surface area (Å²) in [5, 5.41) is 8.78. The number of carbonyl (C=O) groups excluding carboxylic acids is 2. The van der Waals surface area contributed by atoms with Crippen molar-refractivity contribution in [3.63, 3.8) is 0 Å². The molecule has 0 aliphatic carbocycles. The molecule has 140 valence electrons. The molecule has 1 saturated heterocycles. The van der Waals surface area contributed by atoms with E-state index < -0.39 is 5.76 Å². The number of ether oxygens (including phenoxy) is 1. The maximum absolute atomic E-state index is 12.2. The van der Waals surface area contributed by atoms with Crippen molar-refractivity contribution in [3.8, 4) is 10.8 Å². The fourth-order valence-electron chi connectivity index (χ4n) is 2.74. The van der Waals surface area contributed by atoms with E-state index in [4.69, 9.17) is 9.15 Å². The molecule has 0 atom stereocenters. The summed E-state index contributed by atoms with van der Waals surface area (Å²) in [5.41, 5.74) is 0. The first kappa shape index (κ1) is 18.2. The molecule has 0 bridgehead atoms. The smallest absolute Gasteiger partial charge is 0.437 e. The Morgan fingerprint density at radius 1 is 1.42 bits per heavy atom. The van der Waals surface area contributed by atoms with Crippen LogP contribution in [0.15, 0.2) is 26.7 Å². The third-order valence-corrected chi connectivity index (χ3v) is 4.88. The van der Waals surface area contributed by atoms with Crippen molar-refractivity contribution in [3.05, 3.63) is 28.1 Å². The summed E-state index contributed by atoms with van der Waals surface area (Å²) in [7, 11) is 0. The lowest BCUT2D eigenvalue weighted by atomic mass is 10.1. The van der Waals surface area contributed by atoms with Crippen LogP contribution in [0.2, 0.25) is 0 Å². The van der Waals surface area contributed by atoms with Gasteiger partial charge < -0.3 is 19.4 Å². The molecule has 0 unspecified atom stereocenters. The molecular weight excluding hydrogens is 360 g/mol. The molecule has 2 amide bonds. The van der Waals surface area contributed by atoms with Gasteiger partial charge in [-0.1, -0.05) is 6.07 Å². The normalized spacial score (nSPS) is 15.0. The number of carbonyl (C=O) groups is 2. The van der Waals surface area contributed by atoms with E-state index in [0.717, 1.165) is 9.56 Å². The molecule has 26 heavy (non-hydrogen) atoms. The van der Waals surface area contributed by atoms with Crippen LogP contribution in [0.4, 0.5) is 4.79 Å². The minimum Gasteiger partial charge on any atom is -0.450 e. The Bertz CT molecular complexity index is 805. The summed E-state index contributed by atoms with van der Waals surface area (Å²) < 4.78 is 11.1. The average Bonchev–Trinajstić information content (AvgIpc) is 3.26. The highest BCUT2D eigenvalue weighted by atomic mass is 32.1. The van der Waals surface area contributed by atoms with Crippen molar-refractivity contribution in [2.45, 2.75) is 32.4 Å². The van der Waals surface area contributed by atoms with Gasteiger partial charge in [0.1, 0.15) is 6.54 Å². The number of rotatable bonds is 5. The molecular formula is C16H20N4O5S. The molecule has 9 nitrogen and oxygen atoms in total. The third-order valence-electron chi connectivity index (χ3n) is 4.02. The topological polar surface area (TPSA) is 107 Å². The summed E-state index contributed by atoms with van der Waals surface area (Å²) >= 11 is 1.40. The van der Waals surface area contributed by atoms with Crippen molar-refractivity contribution in [2.75, 3.05) is 19.7 Å². The van der Waals surface area contributed by atoms with Gasteiger partial charge in [0.15, 0.2) is 0 Å². The van der Waals surface area contributed by atoms with Crippen molar-refractivity contribution in [1.82, 2.24) is 20.0 Å². The zero-order valence-corrected chi connectivity index (χ0v) is 15.2. The monoisotopic (exact) mass is 380 g/mol. The van der Waals surface area contributed by atoms with E-state index in [1.807, 2.05) is 11.4 Å². The van der Waals surface area contributed by atoms with E-state index in [9.17, 15) is 14.4 Å². The Morgan fingerprint density at radius 2 is 2.19 bits per heavy atom. The largest absolute Gasteiger partial charge is 0.450 e. The van der Waals surface area contributed by atoms with E-state index in [1.54, 1.807) is 17.9 Å². The Balaban J connectivity index is 1.51. The summed E-state index contributed by atoms with van der Waals surface area (Å²) in [5.74, 6) is -0.770. The molecule has 1 fully saturated rings. The Morgan fingerprint density at radius 3 is 2.85 bits per heavy atom. The van der Waals surface area contributed by atoms with Gasteiger partial charge in [-0.2, -0.15) is 4.68 Å². The number of piperidine rings is 1. The number of nitrogens with one attached hydrogen (secondary N) is 1. The summed E-state index contributed by atoms with van der Waals surface area (Å²) in [6.07, 6.45) is 0.949. The standard InChI is InChI=1S/C16H20N4O5S/c1-2-24-15(22)19-7-5-11(6-8-19)17-13(21)10-20-16(23)25-14(18-20)12-4-3-9-26-12/h3-4,9,11H,2,5-8,10H2,1H3,(H,17,21). The van der Waals surface area contributed by atoms with Gasteiger partial charge in [-0.05, 0) is 31.2 Å². The average molecular weight is 380 g/mol. The molecule has 0 aromatic carbocycles. The second-order valence-corrected chi connectivity index (χ2v) is 6.78. The van der Waals surface area contributed by atoms with E-state index in [-0.39, 0.29) is 30.5 Å². The third kappa shape index (κ3) is 4.31. The maximum Gasteiger partial charge on any atom is 0.437 e. The number of likely N-dealkylation sites (tertiary alicyclic amines) is 1. The molecule has 3 rings (SSSR count). The molecule has 1 aliphatic heterocycles. The highest BCUT2D eigenvalue weighted by Crippen LogP contribution is 2.21. The lowest BCUT2D eigenvalue weighted by molar-refractivity contribution is -0.122. The van der Waals surface area contributed by atoms with E-state index in [0.29, 0.717) is 32.5 Å². The van der Waals surface area contributed by atoms with Gasteiger partial charge in [-0.3, -0.25) is 4.79 Å². The van der Waals surface area contributed by atoms with Gasteiger partial charge in [-0.15, -0.1) is 16.4 Å². The maximum atomic E-state index is 12.2. The predicted molar refractivity (Wildman–Crippen MR) is 93.8 cm³/mol. The first-order valence-electron chi connectivity index (χ1n) is 8.39. The fraction of sp³-hybridized carbons (Fsp3) is 0.500. The number of aromatic nitrogens is 2. The van der Waals surface area contributed by atoms with Gasteiger partial charge in [0.2, 0.25) is 5.91 Å². The Hall–Kier alpha value is -2.62. The van der Waals surface area contributed by atoms with Crippen molar-refractivity contribution >= 4 is 23.3 Å². The van der Waals surface area contributed by atoms with Crippen LogP contribution in [0.5, 0.6) is 0 Å². The zero-order valence-electron chi connectivity index (χ0n) is 14.3. The molecule has 2 aromatic rings. The molecule has 0 radical (unpaired) electrons. The number of amides is 2. The van der Waals surface area contributed by atoms with Crippen LogP contribution in [-0.4, -0.2) is 52.4 Å². The van der Waals surface area contributed by atoms with E-state index in [2.05, 4.69) is 10.4 Å². The van der Waals surface area contributed by atoms with Crippen molar-refractivity contribution in [1.29, 1.82) is 0 Å². The van der Waals surface area contributed by atoms with Crippen LogP contribution in [0.25, 0.3) is 10.8 Å². The first-order chi connectivity index (χ1) is 12.6. The van der Waals surface area contributed by atoms with Crippen LogP contribution >= 0.6 is 11.3 Å². The predicted octanol–water partition coefficient (Wildman–Crippen LogP) is 1.30. The SMILES string of the molecule is CCOC(=O)N1CCC(NC(=O)Cn2nc(-c3cccs3)oc2=O)CC1. The fourth-order valence-corrected chi connectivity index (χ4v) is 3.38. The quantitative estimate of drug-likeness (QED) is 0.838. The van der Waals surface area contributed by atoms with Gasteiger partial charge in [-0.25, -0.2) is 9.59 Å². The number of nitrogens with zero attached hydrogens (tertiary/aromatic N) is 3. The number of hydrogen-bond donors (Lipinski definition) is 1. The Labute approximate surface area is 153 Å². The second kappa shape index (κ2) is 8.17. The molecule has 10 heteroatoms. The van der Waals surface area contributed by atoms with E-state index >= 15 is 0 Å². The molecule has 1 aliphatic rings. The van der Waals surface area contributed by atoms with Gasteiger partial charge in [0, 0.05) is 19.1 Å². The first-order valence-corrected chi connectivity index (χ1v) is 9.27. The van der Waals surface area contributed by atoms with E-state index in [1.165, 1.54) is 11.3 Å². The highest BCUT2D eigenvalue weighted by Gasteiger charge is 2.25. The Kier molecular flexibility index (Phi) is 5.71. The number of thiophene rings is 1. The van der Waals surface area contributed by atoms with Crippen LogP contribution in [0, 0.1) is 0 Å². The van der Waals surface area contributed by atoms with Crippen molar-refractivity contribution in [2.24, 2.45) is 0 Å². The molecule has 0 spiro atoms. The van der Waals surface area contributed by atoms with Crippen LogP contribution < -0.4 is 11.1 Å². The number of hydrogen-bond acceptors (Lipinski definition) is 7. The van der Waals surface area contributed by atoms with Gasteiger partial charge in [0.05, 0.1) is 11.5 Å². The zero-order chi connectivity index (χ0) is 18.5. The van der Waals surface area contributed by atoms with Crippen LogP contribution in [0.3, 0.4) is 0 Å². The lowest BCUT2D eigenvalue weighted by Crippen LogP contribution is -2.47. The summed E-state index contributed by atoms with van der Waals surface area (Å²) in [4.78, 5) is 38.1. The summed E-state index contributed by atoms with van der Waals surface area (Å²) in [6.45, 7) is 2.95. The van der Waals surface area contributed by atoms with Gasteiger partial charge >= 0.3 is 11.8 Å². The second-order valence-electron chi connectivity index (χ2n) is 5.84. The minimum atomic E-state index is -0.666. The summed E-state index contributed by atoms with van der Waals surface area (Å²) in [6, 6.07) is 3.57. The van der Waals surface area contributed by atoms with Gasteiger partial charge in [0.25, 0.3) is 5.89 Å². The lowest BCUT2D eigenvalue weighted by Gasteiger charge is -2.31. The molecule has 1 N–H and O–H groups in total. The van der Waals surface area contributed by atoms with Crippen LogP contribution in [-0.2, 0) is 16.1 Å². The molecule has 3 heterocycles. The minimum absolute atomic E-state index is 0.0486.